The summed E-state index contributed by atoms with van der Waals surface area (Å²) in [7, 11) is 0. The van der Waals surface area contributed by atoms with E-state index in [-0.39, 0.29) is 22.6 Å². The molecular formula is C14H16BrF3N2O. The second-order valence-corrected chi connectivity index (χ2v) is 5.96. The highest BCUT2D eigenvalue weighted by atomic mass is 79.9. The van der Waals surface area contributed by atoms with Crippen molar-refractivity contribution in [1.82, 2.24) is 5.32 Å². The molecule has 1 aliphatic rings. The number of alkyl halides is 3. The third kappa shape index (κ3) is 4.71. The lowest BCUT2D eigenvalue weighted by atomic mass is 10.2. The van der Waals surface area contributed by atoms with Crippen LogP contribution in [0.2, 0.25) is 0 Å². The minimum Gasteiger partial charge on any atom is -0.325 e. The predicted octanol–water partition coefficient (Wildman–Crippen LogP) is 3.94. The summed E-state index contributed by atoms with van der Waals surface area (Å²) in [5, 5.41) is 5.60. The van der Waals surface area contributed by atoms with Gasteiger partial charge in [0.15, 0.2) is 0 Å². The van der Waals surface area contributed by atoms with Crippen LogP contribution in [-0.2, 0) is 11.0 Å². The minimum absolute atomic E-state index is 0.0444. The van der Waals surface area contributed by atoms with Crippen molar-refractivity contribution in [3.05, 3.63) is 28.2 Å². The van der Waals surface area contributed by atoms with Crippen molar-refractivity contribution in [3.63, 3.8) is 0 Å². The molecule has 0 unspecified atom stereocenters. The average Bonchev–Trinajstić information content (AvgIpc) is 2.90. The summed E-state index contributed by atoms with van der Waals surface area (Å²) >= 11 is 2.86. The van der Waals surface area contributed by atoms with Crippen LogP contribution >= 0.6 is 15.9 Å². The summed E-state index contributed by atoms with van der Waals surface area (Å²) in [6, 6.07) is 3.99. The normalized spacial score (nSPS) is 16.2. The smallest absolute Gasteiger partial charge is 0.325 e. The largest absolute Gasteiger partial charge is 0.417 e. The molecule has 0 bridgehead atoms. The molecule has 0 aliphatic heterocycles. The van der Waals surface area contributed by atoms with Crippen molar-refractivity contribution in [2.45, 2.75) is 37.9 Å². The fraction of sp³-hybridized carbons (Fsp3) is 0.500. The molecule has 1 saturated carbocycles. The zero-order chi connectivity index (χ0) is 15.5. The summed E-state index contributed by atoms with van der Waals surface area (Å²) < 4.78 is 38.2. The van der Waals surface area contributed by atoms with E-state index in [9.17, 15) is 18.0 Å². The van der Waals surface area contributed by atoms with Crippen molar-refractivity contribution in [1.29, 1.82) is 0 Å². The van der Waals surface area contributed by atoms with Crippen LogP contribution in [0.1, 0.15) is 31.2 Å². The maximum absolute atomic E-state index is 12.8. The Morgan fingerprint density at radius 2 is 1.95 bits per heavy atom. The van der Waals surface area contributed by atoms with Crippen LogP contribution < -0.4 is 10.6 Å². The summed E-state index contributed by atoms with van der Waals surface area (Å²) in [5.74, 6) is -0.336. The molecule has 116 valence electrons. The number of anilines is 1. The lowest BCUT2D eigenvalue weighted by Crippen LogP contribution is -2.34. The van der Waals surface area contributed by atoms with Crippen molar-refractivity contribution in [3.8, 4) is 0 Å². The van der Waals surface area contributed by atoms with Crippen LogP contribution in [0, 0.1) is 0 Å². The van der Waals surface area contributed by atoms with E-state index >= 15 is 0 Å². The second kappa shape index (κ2) is 6.79. The standard InChI is InChI=1S/C14H16BrF3N2O/c15-12-6-5-10(7-11(12)14(16,17)18)20-13(21)8-19-9-3-1-2-4-9/h5-7,9,19H,1-4,8H2,(H,20,21). The molecule has 1 aromatic rings. The van der Waals surface area contributed by atoms with E-state index in [1.807, 2.05) is 0 Å². The minimum atomic E-state index is -4.46. The molecule has 1 aromatic carbocycles. The maximum atomic E-state index is 12.8. The van der Waals surface area contributed by atoms with Crippen LogP contribution in [0.25, 0.3) is 0 Å². The zero-order valence-corrected chi connectivity index (χ0v) is 12.9. The number of rotatable bonds is 4. The first-order valence-corrected chi connectivity index (χ1v) is 7.55. The SMILES string of the molecule is O=C(CNC1CCCC1)Nc1ccc(Br)c(C(F)(F)F)c1. The molecule has 1 fully saturated rings. The quantitative estimate of drug-likeness (QED) is 0.849. The molecule has 1 amide bonds. The van der Waals surface area contributed by atoms with E-state index in [2.05, 4.69) is 26.6 Å². The molecule has 1 aliphatic carbocycles. The molecule has 7 heteroatoms. The van der Waals surface area contributed by atoms with Gasteiger partial charge in [-0.1, -0.05) is 28.8 Å². The maximum Gasteiger partial charge on any atom is 0.417 e. The fourth-order valence-corrected chi connectivity index (χ4v) is 2.86. The van der Waals surface area contributed by atoms with Crippen molar-refractivity contribution in [2.75, 3.05) is 11.9 Å². The van der Waals surface area contributed by atoms with Crippen LogP contribution in [0.3, 0.4) is 0 Å². The highest BCUT2D eigenvalue weighted by Gasteiger charge is 2.33. The summed E-state index contributed by atoms with van der Waals surface area (Å²) in [6.45, 7) is 0.113. The Morgan fingerprint density at radius 1 is 1.29 bits per heavy atom. The van der Waals surface area contributed by atoms with Crippen LogP contribution in [-0.4, -0.2) is 18.5 Å². The number of hydrogen-bond acceptors (Lipinski definition) is 2. The molecule has 0 radical (unpaired) electrons. The molecule has 0 heterocycles. The van der Waals surface area contributed by atoms with Gasteiger partial charge in [0.25, 0.3) is 0 Å². The van der Waals surface area contributed by atoms with Crippen LogP contribution in [0.5, 0.6) is 0 Å². The lowest BCUT2D eigenvalue weighted by molar-refractivity contribution is -0.138. The van der Waals surface area contributed by atoms with E-state index < -0.39 is 11.7 Å². The summed E-state index contributed by atoms with van der Waals surface area (Å²) in [6.07, 6.45) is -0.0584. The molecule has 0 saturated heterocycles. The molecular weight excluding hydrogens is 349 g/mol. The fourth-order valence-electron chi connectivity index (χ4n) is 2.39. The van der Waals surface area contributed by atoms with Gasteiger partial charge >= 0.3 is 6.18 Å². The molecule has 21 heavy (non-hydrogen) atoms. The van der Waals surface area contributed by atoms with E-state index in [1.54, 1.807) is 0 Å². The Labute approximate surface area is 129 Å². The predicted molar refractivity (Wildman–Crippen MR) is 78.0 cm³/mol. The number of carbonyl (C=O) groups is 1. The third-order valence-corrected chi connectivity index (χ3v) is 4.15. The second-order valence-electron chi connectivity index (χ2n) is 5.10. The van der Waals surface area contributed by atoms with E-state index in [4.69, 9.17) is 0 Å². The van der Waals surface area contributed by atoms with Gasteiger partial charge in [-0.15, -0.1) is 0 Å². The number of nitrogens with one attached hydrogen (secondary N) is 2. The Balaban J connectivity index is 1.94. The lowest BCUT2D eigenvalue weighted by Gasteiger charge is -2.14. The topological polar surface area (TPSA) is 41.1 Å². The monoisotopic (exact) mass is 364 g/mol. The first kappa shape index (κ1) is 16.3. The molecule has 0 aromatic heterocycles. The number of halogens is 4. The highest BCUT2D eigenvalue weighted by molar-refractivity contribution is 9.10. The van der Waals surface area contributed by atoms with E-state index in [1.165, 1.54) is 12.1 Å². The summed E-state index contributed by atoms with van der Waals surface area (Å²) in [5.41, 5.74) is -0.659. The van der Waals surface area contributed by atoms with Gasteiger partial charge < -0.3 is 10.6 Å². The Morgan fingerprint density at radius 3 is 2.57 bits per heavy atom. The van der Waals surface area contributed by atoms with Crippen LogP contribution in [0.4, 0.5) is 18.9 Å². The number of hydrogen-bond donors (Lipinski definition) is 2. The number of carbonyl (C=O) groups excluding carboxylic acids is 1. The van der Waals surface area contributed by atoms with E-state index in [0.29, 0.717) is 6.04 Å². The Bertz CT molecular complexity index is 513. The molecule has 3 nitrogen and oxygen atoms in total. The average molecular weight is 365 g/mol. The van der Waals surface area contributed by atoms with Gasteiger partial charge in [-0.05, 0) is 31.0 Å². The molecule has 2 N–H and O–H groups in total. The molecule has 0 atom stereocenters. The Hall–Kier alpha value is -1.08. The molecule has 0 spiro atoms. The van der Waals surface area contributed by atoms with Gasteiger partial charge in [0, 0.05) is 16.2 Å². The van der Waals surface area contributed by atoms with Gasteiger partial charge in [0.1, 0.15) is 0 Å². The van der Waals surface area contributed by atoms with Gasteiger partial charge in [-0.2, -0.15) is 13.2 Å². The molecule has 2 rings (SSSR count). The van der Waals surface area contributed by atoms with Gasteiger partial charge in [-0.3, -0.25) is 4.79 Å². The first-order chi connectivity index (χ1) is 9.86. The van der Waals surface area contributed by atoms with E-state index in [0.717, 1.165) is 31.7 Å². The first-order valence-electron chi connectivity index (χ1n) is 6.76. The van der Waals surface area contributed by atoms with Crippen molar-refractivity contribution in [2.24, 2.45) is 0 Å². The van der Waals surface area contributed by atoms with Gasteiger partial charge in [0.2, 0.25) is 5.91 Å². The van der Waals surface area contributed by atoms with Crippen LogP contribution in [0.15, 0.2) is 22.7 Å². The third-order valence-electron chi connectivity index (χ3n) is 3.46. The number of amides is 1. The van der Waals surface area contributed by atoms with Crippen molar-refractivity contribution >= 4 is 27.5 Å². The van der Waals surface area contributed by atoms with Gasteiger partial charge in [0.05, 0.1) is 12.1 Å². The highest BCUT2D eigenvalue weighted by Crippen LogP contribution is 2.36. The van der Waals surface area contributed by atoms with Gasteiger partial charge in [-0.25, -0.2) is 0 Å². The van der Waals surface area contributed by atoms with Crippen molar-refractivity contribution < 1.29 is 18.0 Å². The Kier molecular flexibility index (Phi) is 5.27. The number of benzene rings is 1. The summed E-state index contributed by atoms with van der Waals surface area (Å²) in [4.78, 5) is 11.7. The zero-order valence-electron chi connectivity index (χ0n) is 11.3.